The largest absolute Gasteiger partial charge is 0.453 e. The summed E-state index contributed by atoms with van der Waals surface area (Å²) in [7, 11) is 1.32. The molecular formula is C27H35F2N3O3. The fraction of sp³-hybridized carbons (Fsp3) is 0.481. The second kappa shape index (κ2) is 11.6. The van der Waals surface area contributed by atoms with Crippen LogP contribution in [0.25, 0.3) is 0 Å². The van der Waals surface area contributed by atoms with Crippen LogP contribution in [0, 0.1) is 17.6 Å². The molecule has 8 heteroatoms. The van der Waals surface area contributed by atoms with Crippen LogP contribution in [-0.4, -0.2) is 49.2 Å². The Bertz CT molecular complexity index is 1010. The lowest BCUT2D eigenvalue weighted by Crippen LogP contribution is -2.41. The van der Waals surface area contributed by atoms with E-state index in [0.29, 0.717) is 38.0 Å². The zero-order valence-electron chi connectivity index (χ0n) is 20.8. The van der Waals surface area contributed by atoms with Crippen molar-refractivity contribution in [2.24, 2.45) is 5.92 Å². The number of likely N-dealkylation sites (tertiary alicyclic amines) is 1. The minimum Gasteiger partial charge on any atom is -0.453 e. The van der Waals surface area contributed by atoms with Gasteiger partial charge in [0.25, 0.3) is 0 Å². The van der Waals surface area contributed by atoms with Gasteiger partial charge in [-0.1, -0.05) is 36.4 Å². The lowest BCUT2D eigenvalue weighted by Gasteiger charge is -2.31. The maximum atomic E-state index is 14.6. The van der Waals surface area contributed by atoms with Crippen LogP contribution in [-0.2, 0) is 9.53 Å². The Hall–Kier alpha value is -3.00. The van der Waals surface area contributed by atoms with Crippen LogP contribution in [0.4, 0.5) is 13.6 Å². The summed E-state index contributed by atoms with van der Waals surface area (Å²) >= 11 is 0. The molecule has 2 N–H and O–H groups in total. The summed E-state index contributed by atoms with van der Waals surface area (Å²) in [5, 5.41) is 5.83. The van der Waals surface area contributed by atoms with Crippen LogP contribution in [0.15, 0.2) is 48.5 Å². The lowest BCUT2D eigenvalue weighted by molar-refractivity contribution is -0.125. The van der Waals surface area contributed by atoms with Gasteiger partial charge in [0.05, 0.1) is 19.1 Å². The smallest absolute Gasteiger partial charge is 0.407 e. The Morgan fingerprint density at radius 3 is 2.46 bits per heavy atom. The second-order valence-corrected chi connectivity index (χ2v) is 9.99. The molecule has 35 heavy (non-hydrogen) atoms. The zero-order chi connectivity index (χ0) is 25.6. The van der Waals surface area contributed by atoms with Crippen molar-refractivity contribution in [3.05, 3.63) is 71.3 Å². The minimum atomic E-state index is -0.633. The van der Waals surface area contributed by atoms with E-state index in [1.807, 2.05) is 30.3 Å². The van der Waals surface area contributed by atoms with Gasteiger partial charge in [-0.15, -0.1) is 0 Å². The quantitative estimate of drug-likeness (QED) is 0.526. The molecule has 0 radical (unpaired) electrons. The molecule has 190 valence electrons. The fourth-order valence-electron chi connectivity index (χ4n) is 4.59. The predicted octanol–water partition coefficient (Wildman–Crippen LogP) is 4.77. The third-order valence-electron chi connectivity index (χ3n) is 6.62. The number of hydrogen-bond donors (Lipinski definition) is 2. The molecule has 1 aliphatic rings. The number of benzene rings is 2. The van der Waals surface area contributed by atoms with Crippen LogP contribution in [0.3, 0.4) is 0 Å². The number of ether oxygens (including phenoxy) is 1. The van der Waals surface area contributed by atoms with E-state index in [-0.39, 0.29) is 23.4 Å². The highest BCUT2D eigenvalue weighted by Crippen LogP contribution is 2.37. The van der Waals surface area contributed by atoms with Gasteiger partial charge in [-0.3, -0.25) is 9.69 Å². The molecule has 2 amide bonds. The molecule has 1 saturated heterocycles. The lowest BCUT2D eigenvalue weighted by atomic mass is 9.88. The molecule has 0 aromatic heterocycles. The van der Waals surface area contributed by atoms with Gasteiger partial charge in [0.1, 0.15) is 11.6 Å². The van der Waals surface area contributed by atoms with Gasteiger partial charge in [0, 0.05) is 37.2 Å². The summed E-state index contributed by atoms with van der Waals surface area (Å²) in [6, 6.07) is 12.9. The first kappa shape index (κ1) is 26.6. The van der Waals surface area contributed by atoms with Crippen molar-refractivity contribution in [3.8, 4) is 0 Å². The first-order valence-electron chi connectivity index (χ1n) is 12.0. The van der Waals surface area contributed by atoms with E-state index in [9.17, 15) is 18.4 Å². The van der Waals surface area contributed by atoms with Crippen LogP contribution in [0.2, 0.25) is 0 Å². The molecule has 0 saturated carbocycles. The van der Waals surface area contributed by atoms with E-state index in [0.717, 1.165) is 11.6 Å². The van der Waals surface area contributed by atoms with Crippen molar-refractivity contribution in [2.75, 3.05) is 26.7 Å². The maximum absolute atomic E-state index is 14.6. The number of carbonyl (C=O) groups excluding carboxylic acids is 2. The van der Waals surface area contributed by atoms with Crippen LogP contribution < -0.4 is 10.6 Å². The standard InChI is InChI=1S/C27H35F2N3O3/c1-27(2,3)32-16-21(20-13-12-19(28)15-23(20)29)22(17-32)25(33)30-14-8-11-24(31-26(34)35-4)18-9-6-5-7-10-18/h5-7,9-10,12-13,15,21-22,24H,8,11,14,16-17H2,1-4H3,(H,30,33)(H,31,34)/t21-,22+,24?/m0/s1. The van der Waals surface area contributed by atoms with Crippen molar-refractivity contribution >= 4 is 12.0 Å². The van der Waals surface area contributed by atoms with E-state index >= 15 is 0 Å². The van der Waals surface area contributed by atoms with E-state index in [4.69, 9.17) is 4.74 Å². The average Bonchev–Trinajstić information content (AvgIpc) is 3.27. The average molecular weight is 488 g/mol. The highest BCUT2D eigenvalue weighted by atomic mass is 19.1. The number of hydrogen-bond acceptors (Lipinski definition) is 4. The van der Waals surface area contributed by atoms with Gasteiger partial charge >= 0.3 is 6.09 Å². The number of alkyl carbamates (subject to hydrolysis) is 1. The van der Waals surface area contributed by atoms with Gasteiger partial charge in [-0.05, 0) is 50.8 Å². The first-order valence-corrected chi connectivity index (χ1v) is 12.0. The topological polar surface area (TPSA) is 70.7 Å². The summed E-state index contributed by atoms with van der Waals surface area (Å²) in [4.78, 5) is 27.1. The van der Waals surface area contributed by atoms with Gasteiger partial charge in [0.2, 0.25) is 5.91 Å². The Balaban J connectivity index is 1.64. The summed E-state index contributed by atoms with van der Waals surface area (Å²) in [5.74, 6) is -2.22. The summed E-state index contributed by atoms with van der Waals surface area (Å²) in [6.45, 7) is 7.60. The molecule has 2 aromatic carbocycles. The summed E-state index contributed by atoms with van der Waals surface area (Å²) < 4.78 is 32.8. The molecule has 1 heterocycles. The van der Waals surface area contributed by atoms with E-state index in [1.165, 1.54) is 19.2 Å². The van der Waals surface area contributed by atoms with Crippen molar-refractivity contribution < 1.29 is 23.1 Å². The molecule has 1 unspecified atom stereocenters. The predicted molar refractivity (Wildman–Crippen MR) is 131 cm³/mol. The highest BCUT2D eigenvalue weighted by Gasteiger charge is 2.42. The van der Waals surface area contributed by atoms with Crippen molar-refractivity contribution in [1.29, 1.82) is 0 Å². The molecule has 0 aliphatic carbocycles. The maximum Gasteiger partial charge on any atom is 0.407 e. The number of nitrogens with zero attached hydrogens (tertiary/aromatic N) is 1. The van der Waals surface area contributed by atoms with Crippen LogP contribution in [0.5, 0.6) is 0 Å². The molecule has 1 fully saturated rings. The molecule has 2 aromatic rings. The highest BCUT2D eigenvalue weighted by molar-refractivity contribution is 5.80. The second-order valence-electron chi connectivity index (χ2n) is 9.99. The molecule has 3 rings (SSSR count). The molecular weight excluding hydrogens is 452 g/mol. The fourth-order valence-corrected chi connectivity index (χ4v) is 4.59. The summed E-state index contributed by atoms with van der Waals surface area (Å²) in [5.41, 5.74) is 1.13. The number of rotatable bonds is 8. The van der Waals surface area contributed by atoms with Crippen LogP contribution in [0.1, 0.15) is 56.7 Å². The number of nitrogens with one attached hydrogen (secondary N) is 2. The monoisotopic (exact) mass is 487 g/mol. The van der Waals surface area contributed by atoms with Crippen molar-refractivity contribution in [1.82, 2.24) is 15.5 Å². The van der Waals surface area contributed by atoms with E-state index in [1.54, 1.807) is 0 Å². The normalized spacial score (nSPS) is 19.3. The SMILES string of the molecule is COC(=O)NC(CCCNC(=O)[C@@H]1CN(C(C)(C)C)C[C@H]1c1ccc(F)cc1F)c1ccccc1. The first-order chi connectivity index (χ1) is 16.6. The van der Waals surface area contributed by atoms with Gasteiger partial charge < -0.3 is 15.4 Å². The van der Waals surface area contributed by atoms with Gasteiger partial charge in [-0.25, -0.2) is 13.6 Å². The number of methoxy groups -OCH3 is 1. The molecule has 1 aliphatic heterocycles. The molecule has 3 atom stereocenters. The zero-order valence-corrected chi connectivity index (χ0v) is 20.8. The Morgan fingerprint density at radius 2 is 1.83 bits per heavy atom. The third kappa shape index (κ3) is 7.01. The summed E-state index contributed by atoms with van der Waals surface area (Å²) in [6.07, 6.45) is 0.717. The van der Waals surface area contributed by atoms with Gasteiger partial charge in [-0.2, -0.15) is 0 Å². The number of amides is 2. The van der Waals surface area contributed by atoms with E-state index in [2.05, 4.69) is 36.3 Å². The number of carbonyl (C=O) groups is 2. The van der Waals surface area contributed by atoms with Crippen molar-refractivity contribution in [2.45, 2.75) is 51.1 Å². The molecule has 0 spiro atoms. The molecule has 6 nitrogen and oxygen atoms in total. The van der Waals surface area contributed by atoms with Crippen LogP contribution >= 0.6 is 0 Å². The minimum absolute atomic E-state index is 0.150. The van der Waals surface area contributed by atoms with Gasteiger partial charge in [0.15, 0.2) is 0 Å². The Morgan fingerprint density at radius 1 is 1.11 bits per heavy atom. The third-order valence-corrected chi connectivity index (χ3v) is 6.62. The molecule has 0 bridgehead atoms. The van der Waals surface area contributed by atoms with Crippen molar-refractivity contribution in [3.63, 3.8) is 0 Å². The number of halogens is 2. The van der Waals surface area contributed by atoms with E-state index < -0.39 is 23.6 Å². The Labute approximate surface area is 206 Å². The Kier molecular flexibility index (Phi) is 8.83.